The van der Waals surface area contributed by atoms with Crippen LogP contribution in [0.5, 0.6) is 0 Å². The van der Waals surface area contributed by atoms with Gasteiger partial charge in [-0.05, 0) is 41.7 Å². The topological polar surface area (TPSA) is 38.7 Å². The minimum atomic E-state index is -0.00396. The first-order valence-electron chi connectivity index (χ1n) is 13.9. The third-order valence-electron chi connectivity index (χ3n) is 8.96. The van der Waals surface area contributed by atoms with Crippen LogP contribution in [-0.2, 0) is 0 Å². The Balaban J connectivity index is 1.44. The Labute approximate surface area is 236 Å². The van der Waals surface area contributed by atoms with Gasteiger partial charge < -0.3 is 19.6 Å². The summed E-state index contributed by atoms with van der Waals surface area (Å²) < 4.78 is 0. The van der Waals surface area contributed by atoms with Crippen molar-refractivity contribution in [2.45, 2.75) is 32.1 Å². The van der Waals surface area contributed by atoms with Gasteiger partial charge in [-0.15, -0.1) is 0 Å². The lowest BCUT2D eigenvalue weighted by Crippen LogP contribution is -2.59. The molecule has 4 atom stereocenters. The Kier molecular flexibility index (Phi) is 5.66. The molecule has 0 bridgehead atoms. The minimum Gasteiger partial charge on any atom is -0.358 e. The van der Waals surface area contributed by atoms with Crippen molar-refractivity contribution in [3.8, 4) is 11.4 Å². The molecule has 0 saturated heterocycles. The van der Waals surface area contributed by atoms with Gasteiger partial charge in [0.2, 0.25) is 0 Å². The number of nitrogens with zero attached hydrogens (tertiary/aromatic N) is 6. The molecule has 40 heavy (non-hydrogen) atoms. The second-order valence-electron chi connectivity index (χ2n) is 11.1. The van der Waals surface area contributed by atoms with E-state index in [0.29, 0.717) is 5.92 Å². The number of rotatable bonds is 4. The highest BCUT2D eigenvalue weighted by Gasteiger charge is 2.52. The molecule has 4 heterocycles. The zero-order valence-electron chi connectivity index (χ0n) is 23.4. The minimum absolute atomic E-state index is 0.00396. The highest BCUT2D eigenvalue weighted by Crippen LogP contribution is 2.53. The molecule has 3 aliphatic heterocycles. The maximum Gasteiger partial charge on any atom is 0.162 e. The van der Waals surface area contributed by atoms with E-state index in [1.165, 1.54) is 11.3 Å². The number of para-hydroxylation sites is 2. The molecule has 7 rings (SSSR count). The molecule has 0 aliphatic carbocycles. The third kappa shape index (κ3) is 3.48. The molecule has 3 aromatic carbocycles. The van der Waals surface area contributed by atoms with Crippen LogP contribution in [0, 0.1) is 12.8 Å². The van der Waals surface area contributed by atoms with Gasteiger partial charge in [-0.3, -0.25) is 0 Å². The normalized spacial score (nSPS) is 22.8. The number of aryl methyl sites for hydroxylation is 1. The van der Waals surface area contributed by atoms with Crippen molar-refractivity contribution in [2.24, 2.45) is 5.92 Å². The first-order chi connectivity index (χ1) is 19.5. The number of hydrogen-bond acceptors (Lipinski definition) is 6. The highest BCUT2D eigenvalue weighted by atomic mass is 15.5. The first kappa shape index (κ1) is 24.5. The quantitative estimate of drug-likeness (QED) is 0.285. The molecule has 0 spiro atoms. The zero-order valence-corrected chi connectivity index (χ0v) is 23.4. The highest BCUT2D eigenvalue weighted by molar-refractivity contribution is 5.85. The summed E-state index contributed by atoms with van der Waals surface area (Å²) in [5.41, 5.74) is 8.10. The number of anilines is 4. The summed E-state index contributed by atoms with van der Waals surface area (Å²) in [4.78, 5) is 19.8. The van der Waals surface area contributed by atoms with Crippen molar-refractivity contribution in [1.29, 1.82) is 0 Å². The van der Waals surface area contributed by atoms with E-state index >= 15 is 0 Å². The van der Waals surface area contributed by atoms with Gasteiger partial charge in [-0.1, -0.05) is 80.2 Å². The zero-order chi connectivity index (χ0) is 27.5. The summed E-state index contributed by atoms with van der Waals surface area (Å²) in [7, 11) is 4.38. The van der Waals surface area contributed by atoms with Crippen molar-refractivity contribution in [3.63, 3.8) is 0 Å². The van der Waals surface area contributed by atoms with E-state index in [2.05, 4.69) is 139 Å². The Bertz CT molecular complexity index is 1640. The Hall–Kier alpha value is -4.58. The predicted octanol–water partition coefficient (Wildman–Crippen LogP) is 6.99. The summed E-state index contributed by atoms with van der Waals surface area (Å²) in [6, 6.07) is 25.7. The Morgan fingerprint density at radius 1 is 0.825 bits per heavy atom. The molecule has 0 amide bonds. The van der Waals surface area contributed by atoms with Crippen LogP contribution in [-0.4, -0.2) is 41.3 Å². The van der Waals surface area contributed by atoms with Crippen LogP contribution in [0.1, 0.15) is 29.5 Å². The van der Waals surface area contributed by atoms with Gasteiger partial charge in [-0.25, -0.2) is 9.97 Å². The maximum atomic E-state index is 5.28. The number of aromatic nitrogens is 2. The summed E-state index contributed by atoms with van der Waals surface area (Å²) >= 11 is 0. The lowest BCUT2D eigenvalue weighted by Gasteiger charge is -2.50. The van der Waals surface area contributed by atoms with E-state index in [0.717, 1.165) is 39.7 Å². The average Bonchev–Trinajstić information content (AvgIpc) is 3.50. The molecular weight excluding hydrogens is 492 g/mol. The molecule has 0 saturated carbocycles. The fourth-order valence-corrected chi connectivity index (χ4v) is 6.97. The van der Waals surface area contributed by atoms with Crippen molar-refractivity contribution < 1.29 is 0 Å². The lowest BCUT2D eigenvalue weighted by molar-refractivity contribution is 0.190. The molecule has 200 valence electrons. The van der Waals surface area contributed by atoms with Gasteiger partial charge in [0.25, 0.3) is 0 Å². The standard InChI is InChI=1S/C34H34N6/c1-6-24-14-8-11-17-27(24)40-32-29(21-35-31(36-32)25-15-9-7-13-22(25)2)38(5)34(40)30-23(3)26-16-10-12-18-28(26)39-20-19-37(4)33(30)39/h6-21,23,30,33-34H,1H2,2-5H3. The molecule has 6 nitrogen and oxygen atoms in total. The number of hydrogen-bond donors (Lipinski definition) is 0. The molecule has 6 heteroatoms. The number of fused-ring (bicyclic) bond motifs is 4. The van der Waals surface area contributed by atoms with E-state index < -0.39 is 0 Å². The van der Waals surface area contributed by atoms with Crippen molar-refractivity contribution in [1.82, 2.24) is 14.9 Å². The van der Waals surface area contributed by atoms with Gasteiger partial charge in [0.1, 0.15) is 18.0 Å². The fourth-order valence-electron chi connectivity index (χ4n) is 6.97. The smallest absolute Gasteiger partial charge is 0.162 e. The second kappa shape index (κ2) is 9.26. The van der Waals surface area contributed by atoms with E-state index in [1.807, 2.05) is 12.3 Å². The average molecular weight is 527 g/mol. The summed E-state index contributed by atoms with van der Waals surface area (Å²) in [5, 5.41) is 0. The van der Waals surface area contributed by atoms with Crippen LogP contribution < -0.4 is 14.7 Å². The van der Waals surface area contributed by atoms with Gasteiger partial charge in [-0.2, -0.15) is 0 Å². The maximum absolute atomic E-state index is 5.28. The first-order valence-corrected chi connectivity index (χ1v) is 13.9. The van der Waals surface area contributed by atoms with Crippen molar-refractivity contribution in [3.05, 3.63) is 115 Å². The van der Waals surface area contributed by atoms with Crippen LogP contribution in [0.15, 0.2) is 98.0 Å². The van der Waals surface area contributed by atoms with Crippen molar-refractivity contribution in [2.75, 3.05) is 28.8 Å². The molecule has 0 radical (unpaired) electrons. The summed E-state index contributed by atoms with van der Waals surface area (Å²) in [6.07, 6.45) is 8.53. The predicted molar refractivity (Wildman–Crippen MR) is 165 cm³/mol. The van der Waals surface area contributed by atoms with Crippen LogP contribution in [0.4, 0.5) is 22.9 Å². The molecule has 4 unspecified atom stereocenters. The van der Waals surface area contributed by atoms with E-state index in [1.54, 1.807) is 0 Å². The molecule has 0 N–H and O–H groups in total. The van der Waals surface area contributed by atoms with E-state index in [4.69, 9.17) is 9.97 Å². The van der Waals surface area contributed by atoms with Gasteiger partial charge >= 0.3 is 0 Å². The van der Waals surface area contributed by atoms with E-state index in [-0.39, 0.29) is 18.2 Å². The van der Waals surface area contributed by atoms with Crippen LogP contribution in [0.2, 0.25) is 0 Å². The largest absolute Gasteiger partial charge is 0.358 e. The SMILES string of the molecule is C=Cc1ccccc1N1c2nc(-c3ccccc3C)ncc2N(C)C1C1C(C)c2ccccc2N2C=CN(C)C12. The molecule has 0 fully saturated rings. The van der Waals surface area contributed by atoms with E-state index in [9.17, 15) is 0 Å². The second-order valence-corrected chi connectivity index (χ2v) is 11.1. The van der Waals surface area contributed by atoms with Gasteiger partial charge in [0.15, 0.2) is 11.6 Å². The van der Waals surface area contributed by atoms with Gasteiger partial charge in [0.05, 0.1) is 11.9 Å². The monoisotopic (exact) mass is 526 g/mol. The molecule has 3 aliphatic rings. The fraction of sp³-hybridized carbons (Fsp3) is 0.235. The molecule has 4 aromatic rings. The third-order valence-corrected chi connectivity index (χ3v) is 8.96. The van der Waals surface area contributed by atoms with Crippen molar-refractivity contribution >= 4 is 29.0 Å². The van der Waals surface area contributed by atoms with Crippen LogP contribution in [0.3, 0.4) is 0 Å². The molecule has 1 aromatic heterocycles. The summed E-state index contributed by atoms with van der Waals surface area (Å²) in [6.45, 7) is 8.66. The Morgan fingerprint density at radius 3 is 2.35 bits per heavy atom. The lowest BCUT2D eigenvalue weighted by atomic mass is 9.77. The Morgan fingerprint density at radius 2 is 1.55 bits per heavy atom. The molecular formula is C34H34N6. The van der Waals surface area contributed by atoms with Crippen LogP contribution >= 0.6 is 0 Å². The van der Waals surface area contributed by atoms with Crippen LogP contribution in [0.25, 0.3) is 17.5 Å². The van der Waals surface area contributed by atoms with Gasteiger partial charge in [0, 0.05) is 43.7 Å². The number of benzene rings is 3. The summed E-state index contributed by atoms with van der Waals surface area (Å²) in [5.74, 6) is 2.19.